The molecular weight excluding hydrogens is 531 g/mol. The molecular formula is C30H29N2O3PS2. The molecule has 194 valence electrons. The van der Waals surface area contributed by atoms with Crippen LogP contribution < -0.4 is 15.9 Å². The van der Waals surface area contributed by atoms with Gasteiger partial charge in [-0.05, 0) is 26.0 Å². The fourth-order valence-corrected chi connectivity index (χ4v) is 12.0. The molecule has 8 heteroatoms. The molecule has 5 rings (SSSR count). The quantitative estimate of drug-likeness (QED) is 0.231. The van der Waals surface area contributed by atoms with Crippen LogP contribution in [0.15, 0.2) is 137 Å². The van der Waals surface area contributed by atoms with Crippen molar-refractivity contribution < 1.29 is 12.6 Å². The number of nitrogens with zero attached hydrogens (tertiary/aromatic N) is 2. The molecule has 3 atom stereocenters. The highest BCUT2D eigenvalue weighted by molar-refractivity contribution is 8.01. The number of sulfonamides is 1. The van der Waals surface area contributed by atoms with Gasteiger partial charge in [0.1, 0.15) is 15.9 Å². The van der Waals surface area contributed by atoms with Gasteiger partial charge in [-0.15, -0.1) is 3.71 Å². The van der Waals surface area contributed by atoms with Gasteiger partial charge in [-0.3, -0.25) is 4.74 Å². The minimum atomic E-state index is -4.14. The standard InChI is InChI=1S/C30H29N2O3PS2/c1-24-22-23-25(2)37(33)32(24)38(34,35)30-21-13-12-20-29(30)31-36(26-14-6-3-7-15-26,27-16-8-4-9-17-27)28-18-10-5-11-19-28/h3-25H,1-2H3. The molecule has 38 heavy (non-hydrogen) atoms. The molecule has 3 unspecified atom stereocenters. The summed E-state index contributed by atoms with van der Waals surface area (Å²) >= 11 is 0. The molecule has 0 fully saturated rings. The van der Waals surface area contributed by atoms with Gasteiger partial charge in [-0.2, -0.15) is 0 Å². The Kier molecular flexibility index (Phi) is 7.64. The second-order valence-corrected chi connectivity index (χ2v) is 15.8. The van der Waals surface area contributed by atoms with Gasteiger partial charge in [0, 0.05) is 15.9 Å². The van der Waals surface area contributed by atoms with Crippen molar-refractivity contribution in [2.45, 2.75) is 30.0 Å². The summed E-state index contributed by atoms with van der Waals surface area (Å²) in [7, 11) is -8.58. The maximum Gasteiger partial charge on any atom is 0.256 e. The predicted octanol–water partition coefficient (Wildman–Crippen LogP) is 5.50. The maximum absolute atomic E-state index is 14.1. The normalized spacial score (nSPS) is 20.2. The van der Waals surface area contributed by atoms with E-state index < -0.39 is 39.4 Å². The lowest BCUT2D eigenvalue weighted by Gasteiger charge is -2.31. The Balaban J connectivity index is 1.85. The fraction of sp³-hybridized carbons (Fsp3) is 0.133. The molecule has 5 nitrogen and oxygen atoms in total. The van der Waals surface area contributed by atoms with E-state index in [4.69, 9.17) is 4.74 Å². The first-order valence-corrected chi connectivity index (χ1v) is 16.7. The van der Waals surface area contributed by atoms with Gasteiger partial charge in [0.05, 0.1) is 24.0 Å². The summed E-state index contributed by atoms with van der Waals surface area (Å²) in [5.41, 5.74) is 0.351. The van der Waals surface area contributed by atoms with E-state index in [0.29, 0.717) is 5.69 Å². The van der Waals surface area contributed by atoms with Crippen molar-refractivity contribution in [1.29, 1.82) is 0 Å². The van der Waals surface area contributed by atoms with Crippen molar-refractivity contribution in [3.05, 3.63) is 127 Å². The Morgan fingerprint density at radius 1 is 0.684 bits per heavy atom. The average Bonchev–Trinajstić information content (AvgIpc) is 2.95. The largest absolute Gasteiger partial charge is 0.256 e. The van der Waals surface area contributed by atoms with Crippen LogP contribution in [0.5, 0.6) is 0 Å². The molecule has 0 spiro atoms. The molecule has 1 heterocycles. The summed E-state index contributed by atoms with van der Waals surface area (Å²) in [5.74, 6) is 0. The third-order valence-corrected chi connectivity index (χ3v) is 14.4. The first-order chi connectivity index (χ1) is 18.4. The summed E-state index contributed by atoms with van der Waals surface area (Å²) in [6, 6.07) is 36.4. The zero-order chi connectivity index (χ0) is 26.8. The van der Waals surface area contributed by atoms with Crippen LogP contribution in [0.2, 0.25) is 0 Å². The SMILES string of the molecule is CC1C=CC(C)S(=O)N1S(=O)(=O)c1ccccc1N=P(c1ccccc1)(c1ccccc1)c1ccccc1. The smallest absolute Gasteiger partial charge is 0.252 e. The van der Waals surface area contributed by atoms with Crippen molar-refractivity contribution in [3.8, 4) is 0 Å². The third kappa shape index (κ3) is 4.76. The fourth-order valence-electron chi connectivity index (χ4n) is 4.67. The Morgan fingerprint density at radius 3 is 1.63 bits per heavy atom. The molecule has 0 saturated heterocycles. The van der Waals surface area contributed by atoms with Crippen LogP contribution in [0.25, 0.3) is 0 Å². The molecule has 0 amide bonds. The third-order valence-electron chi connectivity index (χ3n) is 6.52. The Hall–Kier alpha value is -3.09. The zero-order valence-electron chi connectivity index (χ0n) is 21.2. The zero-order valence-corrected chi connectivity index (χ0v) is 23.7. The molecule has 0 N–H and O–H groups in total. The molecule has 4 aromatic carbocycles. The Morgan fingerprint density at radius 2 is 1.13 bits per heavy atom. The van der Waals surface area contributed by atoms with Crippen molar-refractivity contribution in [3.63, 3.8) is 0 Å². The Bertz CT molecular complexity index is 1540. The van der Waals surface area contributed by atoms with Gasteiger partial charge in [-0.25, -0.2) is 12.6 Å². The van der Waals surface area contributed by atoms with Gasteiger partial charge < -0.3 is 0 Å². The highest BCUT2D eigenvalue weighted by Gasteiger charge is 2.39. The highest BCUT2D eigenvalue weighted by Crippen LogP contribution is 2.50. The summed E-state index contributed by atoms with van der Waals surface area (Å²) in [4.78, 5) is 0.0508. The lowest BCUT2D eigenvalue weighted by atomic mass is 10.3. The van der Waals surface area contributed by atoms with Crippen LogP contribution in [0.1, 0.15) is 13.8 Å². The van der Waals surface area contributed by atoms with Gasteiger partial charge >= 0.3 is 0 Å². The van der Waals surface area contributed by atoms with Gasteiger partial charge in [0.15, 0.2) is 0 Å². The van der Waals surface area contributed by atoms with E-state index in [1.807, 2.05) is 54.6 Å². The average molecular weight is 561 g/mol. The van der Waals surface area contributed by atoms with E-state index in [-0.39, 0.29) is 4.90 Å². The molecule has 0 saturated carbocycles. The number of hydrogen-bond acceptors (Lipinski definition) is 4. The maximum atomic E-state index is 14.1. The minimum Gasteiger partial charge on any atom is -0.252 e. The van der Waals surface area contributed by atoms with Crippen LogP contribution in [0, 0.1) is 0 Å². The van der Waals surface area contributed by atoms with Gasteiger partial charge in [0.25, 0.3) is 10.0 Å². The van der Waals surface area contributed by atoms with Crippen LogP contribution in [-0.4, -0.2) is 27.6 Å². The summed E-state index contributed by atoms with van der Waals surface area (Å²) < 4.78 is 48.0. The molecule has 0 bridgehead atoms. The number of hydrogen-bond donors (Lipinski definition) is 0. The van der Waals surface area contributed by atoms with Crippen molar-refractivity contribution >= 4 is 49.7 Å². The van der Waals surface area contributed by atoms with Crippen molar-refractivity contribution in [1.82, 2.24) is 3.71 Å². The second-order valence-electron chi connectivity index (χ2n) is 9.08. The van der Waals surface area contributed by atoms with Crippen LogP contribution >= 0.6 is 7.05 Å². The highest BCUT2D eigenvalue weighted by atomic mass is 32.3. The van der Waals surface area contributed by atoms with Gasteiger partial charge in [0.2, 0.25) is 0 Å². The van der Waals surface area contributed by atoms with E-state index >= 15 is 0 Å². The molecule has 0 aliphatic carbocycles. The number of rotatable bonds is 6. The van der Waals surface area contributed by atoms with Crippen LogP contribution in [-0.2, 0) is 21.0 Å². The summed E-state index contributed by atoms with van der Waals surface area (Å²) in [6.45, 7) is 3.50. The molecule has 0 radical (unpaired) electrons. The first-order valence-electron chi connectivity index (χ1n) is 12.4. The van der Waals surface area contributed by atoms with Crippen LogP contribution in [0.4, 0.5) is 5.69 Å². The monoisotopic (exact) mass is 560 g/mol. The lowest BCUT2D eigenvalue weighted by molar-refractivity contribution is 0.499. The predicted molar refractivity (Wildman–Crippen MR) is 159 cm³/mol. The first kappa shape index (κ1) is 26.5. The van der Waals surface area contributed by atoms with Crippen molar-refractivity contribution in [2.75, 3.05) is 0 Å². The number of benzene rings is 4. The van der Waals surface area contributed by atoms with Crippen LogP contribution in [0.3, 0.4) is 0 Å². The van der Waals surface area contributed by atoms with E-state index in [0.717, 1.165) is 19.6 Å². The summed E-state index contributed by atoms with van der Waals surface area (Å²) in [6.07, 6.45) is 3.60. The molecule has 0 aromatic heterocycles. The lowest BCUT2D eigenvalue weighted by Crippen LogP contribution is -2.44. The summed E-state index contributed by atoms with van der Waals surface area (Å²) in [5, 5.41) is 2.62. The van der Waals surface area contributed by atoms with E-state index in [2.05, 4.69) is 36.4 Å². The van der Waals surface area contributed by atoms with E-state index in [9.17, 15) is 12.6 Å². The van der Waals surface area contributed by atoms with E-state index in [1.165, 1.54) is 0 Å². The molecule has 4 aromatic rings. The molecule has 1 aliphatic rings. The topological polar surface area (TPSA) is 66.8 Å². The molecule has 1 aliphatic heterocycles. The second kappa shape index (κ2) is 11.0. The Labute approximate surface area is 227 Å². The van der Waals surface area contributed by atoms with Crippen molar-refractivity contribution in [2.24, 2.45) is 4.74 Å². The van der Waals surface area contributed by atoms with E-state index in [1.54, 1.807) is 50.3 Å². The van der Waals surface area contributed by atoms with Gasteiger partial charge in [-0.1, -0.05) is 115 Å². The minimum absolute atomic E-state index is 0.0508.